The summed E-state index contributed by atoms with van der Waals surface area (Å²) in [6.45, 7) is 9.35. The molecule has 1 heterocycles. The van der Waals surface area contributed by atoms with Gasteiger partial charge in [0.1, 0.15) is 0 Å². The molecule has 0 radical (unpaired) electrons. The van der Waals surface area contributed by atoms with E-state index in [0.29, 0.717) is 36.3 Å². The normalized spacial score (nSPS) is 17.6. The second kappa shape index (κ2) is 8.86. The molecule has 1 saturated heterocycles. The third-order valence-electron chi connectivity index (χ3n) is 3.45. The first-order valence-electron chi connectivity index (χ1n) is 7.58. The predicted molar refractivity (Wildman–Crippen MR) is 89.4 cm³/mol. The lowest BCUT2D eigenvalue weighted by atomic mass is 10.1. The number of hydrogen-bond acceptors (Lipinski definition) is 4. The van der Waals surface area contributed by atoms with Crippen LogP contribution in [-0.4, -0.2) is 49.7 Å². The molecule has 0 bridgehead atoms. The lowest BCUT2D eigenvalue weighted by Gasteiger charge is -2.32. The van der Waals surface area contributed by atoms with Crippen LogP contribution in [0.25, 0.3) is 0 Å². The van der Waals surface area contributed by atoms with E-state index in [2.05, 4.69) is 12.2 Å². The molecule has 1 atom stereocenters. The van der Waals surface area contributed by atoms with E-state index in [-0.39, 0.29) is 18.3 Å². The van der Waals surface area contributed by atoms with Crippen molar-refractivity contribution >= 4 is 18.3 Å². The first kappa shape index (κ1) is 18.6. The summed E-state index contributed by atoms with van der Waals surface area (Å²) in [5, 5.41) is 3.34. The fourth-order valence-electron chi connectivity index (χ4n) is 2.48. The third-order valence-corrected chi connectivity index (χ3v) is 3.45. The standard InChI is InChI=1S/C16H24N2O3.ClH/c1-4-20-14-7-6-13(10-15(14)21-5-2)16(19)18-9-8-17-12(3)11-18;/h6-7,10,12,17H,4-5,8-9,11H2,1-3H3;1H. The Morgan fingerprint density at radius 1 is 1.27 bits per heavy atom. The molecule has 124 valence electrons. The van der Waals surface area contributed by atoms with Crippen molar-refractivity contribution in [2.24, 2.45) is 0 Å². The summed E-state index contributed by atoms with van der Waals surface area (Å²) in [5.74, 6) is 1.37. The van der Waals surface area contributed by atoms with E-state index in [1.165, 1.54) is 0 Å². The van der Waals surface area contributed by atoms with E-state index >= 15 is 0 Å². The first-order valence-corrected chi connectivity index (χ1v) is 7.58. The van der Waals surface area contributed by atoms with Gasteiger partial charge in [0.25, 0.3) is 5.91 Å². The molecule has 0 saturated carbocycles. The van der Waals surface area contributed by atoms with Crippen LogP contribution < -0.4 is 14.8 Å². The lowest BCUT2D eigenvalue weighted by Crippen LogP contribution is -2.51. The molecule has 1 aromatic rings. The van der Waals surface area contributed by atoms with Gasteiger partial charge >= 0.3 is 0 Å². The van der Waals surface area contributed by atoms with Crippen molar-refractivity contribution in [3.05, 3.63) is 23.8 Å². The minimum absolute atomic E-state index is 0. The Morgan fingerprint density at radius 3 is 2.59 bits per heavy atom. The van der Waals surface area contributed by atoms with Crippen LogP contribution >= 0.6 is 12.4 Å². The van der Waals surface area contributed by atoms with Gasteiger partial charge in [-0.2, -0.15) is 0 Å². The maximum atomic E-state index is 12.6. The summed E-state index contributed by atoms with van der Waals surface area (Å²) >= 11 is 0. The minimum Gasteiger partial charge on any atom is -0.490 e. The molecule has 0 spiro atoms. The molecule has 6 heteroatoms. The number of amides is 1. The van der Waals surface area contributed by atoms with Crippen molar-refractivity contribution < 1.29 is 14.3 Å². The fourth-order valence-corrected chi connectivity index (χ4v) is 2.48. The van der Waals surface area contributed by atoms with Gasteiger partial charge in [-0.3, -0.25) is 4.79 Å². The molecule has 1 N–H and O–H groups in total. The molecule has 0 aromatic heterocycles. The van der Waals surface area contributed by atoms with Crippen molar-refractivity contribution in [2.75, 3.05) is 32.8 Å². The number of benzene rings is 1. The summed E-state index contributed by atoms with van der Waals surface area (Å²) < 4.78 is 11.1. The Labute approximate surface area is 138 Å². The van der Waals surface area contributed by atoms with E-state index in [9.17, 15) is 4.79 Å². The van der Waals surface area contributed by atoms with E-state index in [4.69, 9.17) is 9.47 Å². The number of halogens is 1. The lowest BCUT2D eigenvalue weighted by molar-refractivity contribution is 0.0708. The zero-order valence-electron chi connectivity index (χ0n) is 13.4. The van der Waals surface area contributed by atoms with Crippen LogP contribution in [0.15, 0.2) is 18.2 Å². The summed E-state index contributed by atoms with van der Waals surface area (Å²) in [6, 6.07) is 5.73. The Kier molecular flexibility index (Phi) is 7.48. The van der Waals surface area contributed by atoms with E-state index in [1.807, 2.05) is 30.9 Å². The molecule has 1 aliphatic heterocycles. The number of ether oxygens (including phenoxy) is 2. The monoisotopic (exact) mass is 328 g/mol. The van der Waals surface area contributed by atoms with Crippen LogP contribution in [0.2, 0.25) is 0 Å². The largest absolute Gasteiger partial charge is 0.490 e. The van der Waals surface area contributed by atoms with Gasteiger partial charge in [-0.05, 0) is 39.0 Å². The number of carbonyl (C=O) groups excluding carboxylic acids is 1. The van der Waals surface area contributed by atoms with Crippen LogP contribution in [0.4, 0.5) is 0 Å². The predicted octanol–water partition coefficient (Wildman–Crippen LogP) is 2.34. The Hall–Kier alpha value is -1.46. The molecule has 1 unspecified atom stereocenters. The number of nitrogens with zero attached hydrogens (tertiary/aromatic N) is 1. The highest BCUT2D eigenvalue weighted by Gasteiger charge is 2.22. The Balaban J connectivity index is 0.00000242. The first-order chi connectivity index (χ1) is 10.2. The maximum absolute atomic E-state index is 12.6. The van der Waals surface area contributed by atoms with E-state index in [1.54, 1.807) is 6.07 Å². The Bertz CT molecular complexity index is 496. The van der Waals surface area contributed by atoms with Crippen molar-refractivity contribution in [2.45, 2.75) is 26.8 Å². The topological polar surface area (TPSA) is 50.8 Å². The Morgan fingerprint density at radius 2 is 1.95 bits per heavy atom. The van der Waals surface area contributed by atoms with Crippen molar-refractivity contribution in [3.63, 3.8) is 0 Å². The number of carbonyl (C=O) groups is 1. The molecule has 1 aromatic carbocycles. The summed E-state index contributed by atoms with van der Waals surface area (Å²) in [6.07, 6.45) is 0. The zero-order valence-corrected chi connectivity index (χ0v) is 14.2. The molecular weight excluding hydrogens is 304 g/mol. The summed E-state index contributed by atoms with van der Waals surface area (Å²) in [4.78, 5) is 14.5. The van der Waals surface area contributed by atoms with Gasteiger partial charge in [0, 0.05) is 31.2 Å². The van der Waals surface area contributed by atoms with E-state index in [0.717, 1.165) is 19.6 Å². The third kappa shape index (κ3) is 4.52. The van der Waals surface area contributed by atoms with E-state index < -0.39 is 0 Å². The molecule has 0 aliphatic carbocycles. The van der Waals surface area contributed by atoms with Gasteiger partial charge in [-0.15, -0.1) is 12.4 Å². The number of nitrogens with one attached hydrogen (secondary N) is 1. The second-order valence-corrected chi connectivity index (χ2v) is 5.13. The molecular formula is C16H25ClN2O3. The van der Waals surface area contributed by atoms with Gasteiger partial charge in [0.15, 0.2) is 11.5 Å². The van der Waals surface area contributed by atoms with Gasteiger partial charge in [0.05, 0.1) is 13.2 Å². The van der Waals surface area contributed by atoms with Crippen LogP contribution in [0.3, 0.4) is 0 Å². The zero-order chi connectivity index (χ0) is 15.2. The average molecular weight is 329 g/mol. The van der Waals surface area contributed by atoms with Crippen LogP contribution in [-0.2, 0) is 0 Å². The minimum atomic E-state index is 0. The molecule has 1 aliphatic rings. The molecule has 5 nitrogen and oxygen atoms in total. The van der Waals surface area contributed by atoms with Crippen molar-refractivity contribution in [1.29, 1.82) is 0 Å². The maximum Gasteiger partial charge on any atom is 0.254 e. The smallest absolute Gasteiger partial charge is 0.254 e. The molecule has 1 amide bonds. The van der Waals surface area contributed by atoms with Crippen molar-refractivity contribution in [3.8, 4) is 11.5 Å². The van der Waals surface area contributed by atoms with Gasteiger partial charge in [-0.25, -0.2) is 0 Å². The molecule has 1 fully saturated rings. The summed E-state index contributed by atoms with van der Waals surface area (Å²) in [5.41, 5.74) is 0.649. The fraction of sp³-hybridized carbons (Fsp3) is 0.562. The van der Waals surface area contributed by atoms with Crippen LogP contribution in [0.1, 0.15) is 31.1 Å². The highest BCUT2D eigenvalue weighted by atomic mass is 35.5. The number of piperazine rings is 1. The summed E-state index contributed by atoms with van der Waals surface area (Å²) in [7, 11) is 0. The van der Waals surface area contributed by atoms with Gasteiger partial charge in [0.2, 0.25) is 0 Å². The number of rotatable bonds is 5. The van der Waals surface area contributed by atoms with Crippen LogP contribution in [0, 0.1) is 0 Å². The second-order valence-electron chi connectivity index (χ2n) is 5.13. The van der Waals surface area contributed by atoms with Gasteiger partial charge < -0.3 is 19.7 Å². The number of hydrogen-bond donors (Lipinski definition) is 1. The van der Waals surface area contributed by atoms with Crippen molar-refractivity contribution in [1.82, 2.24) is 10.2 Å². The molecule has 22 heavy (non-hydrogen) atoms. The highest BCUT2D eigenvalue weighted by Crippen LogP contribution is 2.29. The molecule has 2 rings (SSSR count). The average Bonchev–Trinajstić information content (AvgIpc) is 2.49. The quantitative estimate of drug-likeness (QED) is 0.901. The van der Waals surface area contributed by atoms with Gasteiger partial charge in [-0.1, -0.05) is 0 Å². The highest BCUT2D eigenvalue weighted by molar-refractivity contribution is 5.95. The van der Waals surface area contributed by atoms with Crippen LogP contribution in [0.5, 0.6) is 11.5 Å². The SMILES string of the molecule is CCOc1ccc(C(=O)N2CCNC(C)C2)cc1OCC.Cl.